The lowest BCUT2D eigenvalue weighted by Crippen LogP contribution is -2.32. The average molecular weight is 563 g/mol. The third-order valence-corrected chi connectivity index (χ3v) is 9.48. The van der Waals surface area contributed by atoms with Gasteiger partial charge >= 0.3 is 0 Å². The summed E-state index contributed by atoms with van der Waals surface area (Å²) in [5.74, 6) is 0.534. The van der Waals surface area contributed by atoms with Crippen LogP contribution in [0.15, 0.2) is 66.7 Å². The molecule has 6 rings (SSSR count). The Labute approximate surface area is 253 Å². The number of hydrogen-bond donors (Lipinski definition) is 0. The third-order valence-electron chi connectivity index (χ3n) is 9.48. The molecule has 1 aliphatic carbocycles. The highest BCUT2D eigenvalue weighted by molar-refractivity contribution is 5.86. The number of benzene rings is 3. The molecule has 0 radical (unpaired) electrons. The summed E-state index contributed by atoms with van der Waals surface area (Å²) < 4.78 is 2.67. The van der Waals surface area contributed by atoms with Crippen LogP contribution in [-0.4, -0.2) is 55.1 Å². The van der Waals surface area contributed by atoms with Crippen LogP contribution in [0.25, 0.3) is 10.9 Å². The Kier molecular flexibility index (Phi) is 9.02. The number of aromatic nitrogens is 1. The fraction of sp³-hybridized carbons (Fsp3) is 0.474. The first-order valence-electron chi connectivity index (χ1n) is 16.4. The largest absolute Gasteiger partial charge is 0.344 e. The summed E-state index contributed by atoms with van der Waals surface area (Å²) in [6.07, 6.45) is 9.93. The van der Waals surface area contributed by atoms with Crippen LogP contribution in [0.1, 0.15) is 60.6 Å². The second-order valence-corrected chi connectivity index (χ2v) is 13.3. The molecule has 0 amide bonds. The maximum absolute atomic E-state index is 2.67. The number of para-hydroxylation sites is 2. The Morgan fingerprint density at radius 3 is 2.19 bits per heavy atom. The van der Waals surface area contributed by atoms with Crippen molar-refractivity contribution in [3.8, 4) is 0 Å². The van der Waals surface area contributed by atoms with Gasteiger partial charge in [-0.1, -0.05) is 55.8 Å². The Hall–Kier alpha value is -3.08. The Balaban J connectivity index is 1.18. The minimum atomic E-state index is 0.534. The summed E-state index contributed by atoms with van der Waals surface area (Å²) in [5, 5.41) is 1.52. The lowest BCUT2D eigenvalue weighted by Gasteiger charge is -2.31. The van der Waals surface area contributed by atoms with Gasteiger partial charge in [-0.05, 0) is 125 Å². The van der Waals surface area contributed by atoms with Gasteiger partial charge in [0, 0.05) is 54.2 Å². The molecular weight excluding hydrogens is 512 g/mol. The number of rotatable bonds is 10. The minimum Gasteiger partial charge on any atom is -0.344 e. The first-order valence-corrected chi connectivity index (χ1v) is 16.4. The van der Waals surface area contributed by atoms with Crippen molar-refractivity contribution in [3.05, 3.63) is 94.7 Å². The summed E-state index contributed by atoms with van der Waals surface area (Å²) >= 11 is 0. The number of nitrogens with zero attached hydrogens (tertiary/aromatic N) is 4. The number of hydrogen-bond acceptors (Lipinski definition) is 3. The normalized spacial score (nSPS) is 15.8. The van der Waals surface area contributed by atoms with Gasteiger partial charge in [0.15, 0.2) is 0 Å². The van der Waals surface area contributed by atoms with Gasteiger partial charge in [0.05, 0.1) is 0 Å². The highest BCUT2D eigenvalue weighted by Crippen LogP contribution is 2.37. The van der Waals surface area contributed by atoms with Crippen LogP contribution in [0.3, 0.4) is 0 Å². The molecule has 4 aromatic rings. The molecule has 0 saturated heterocycles. The van der Waals surface area contributed by atoms with Gasteiger partial charge in [-0.15, -0.1) is 0 Å². The highest BCUT2D eigenvalue weighted by atomic mass is 15.2. The predicted octanol–water partition coefficient (Wildman–Crippen LogP) is 7.87. The maximum Gasteiger partial charge on any atom is 0.0485 e. The second-order valence-electron chi connectivity index (χ2n) is 13.3. The Morgan fingerprint density at radius 1 is 0.786 bits per heavy atom. The van der Waals surface area contributed by atoms with Crippen LogP contribution < -0.4 is 4.90 Å². The standard InChI is InChI=1S/C38H50N4/c1-29(27-42-35-16-10-8-13-31(35)20-21-32-14-9-11-17-36(32)42)26-40(4)28-30-19-22-38-34(25-30)33-15-6-5-7-18-37(33)41(38)24-12-23-39(2)3/h8-11,13-14,16-17,19,22,25,29H,5-7,12,15,18,20-21,23-24,26-28H2,1-4H3. The molecule has 222 valence electrons. The lowest BCUT2D eigenvalue weighted by atomic mass is 10.0. The molecule has 1 atom stereocenters. The summed E-state index contributed by atoms with van der Waals surface area (Å²) in [5.41, 5.74) is 11.9. The SMILES string of the molecule is CC(CN(C)Cc1ccc2c(c1)c1c(n2CCCN(C)C)CCCCC1)CN1c2ccccc2CCc2ccccc21. The molecule has 1 unspecified atom stereocenters. The number of anilines is 2. The van der Waals surface area contributed by atoms with Crippen molar-refractivity contribution < 1.29 is 0 Å². The first-order chi connectivity index (χ1) is 20.5. The molecule has 0 bridgehead atoms. The molecule has 0 N–H and O–H groups in total. The van der Waals surface area contributed by atoms with Gasteiger partial charge in [0.2, 0.25) is 0 Å². The van der Waals surface area contributed by atoms with Crippen molar-refractivity contribution in [2.24, 2.45) is 5.92 Å². The van der Waals surface area contributed by atoms with E-state index in [0.717, 1.165) is 45.6 Å². The predicted molar refractivity (Wildman–Crippen MR) is 179 cm³/mol. The fourth-order valence-corrected chi connectivity index (χ4v) is 7.60. The van der Waals surface area contributed by atoms with Gasteiger partial charge in [-0.25, -0.2) is 0 Å². The molecule has 3 aromatic carbocycles. The van der Waals surface area contributed by atoms with E-state index >= 15 is 0 Å². The molecule has 1 aromatic heterocycles. The molecule has 4 heteroatoms. The quantitative estimate of drug-likeness (QED) is 0.183. The van der Waals surface area contributed by atoms with E-state index in [1.165, 1.54) is 77.5 Å². The van der Waals surface area contributed by atoms with Crippen LogP contribution in [0.2, 0.25) is 0 Å². The first kappa shape index (κ1) is 29.0. The lowest BCUT2D eigenvalue weighted by molar-refractivity contribution is 0.281. The maximum atomic E-state index is 2.67. The van der Waals surface area contributed by atoms with Crippen LogP contribution in [0, 0.1) is 5.92 Å². The summed E-state index contributed by atoms with van der Waals surface area (Å²) in [7, 11) is 6.67. The van der Waals surface area contributed by atoms with Crippen molar-refractivity contribution in [2.45, 2.75) is 71.4 Å². The molecule has 0 fully saturated rings. The van der Waals surface area contributed by atoms with Crippen molar-refractivity contribution in [1.29, 1.82) is 0 Å². The summed E-state index contributed by atoms with van der Waals surface area (Å²) in [4.78, 5) is 7.44. The van der Waals surface area contributed by atoms with Gasteiger partial charge in [0.25, 0.3) is 0 Å². The minimum absolute atomic E-state index is 0.534. The van der Waals surface area contributed by atoms with Crippen LogP contribution in [0.5, 0.6) is 0 Å². The van der Waals surface area contributed by atoms with E-state index in [4.69, 9.17) is 0 Å². The van der Waals surface area contributed by atoms with E-state index in [9.17, 15) is 0 Å². The van der Waals surface area contributed by atoms with Crippen LogP contribution >= 0.6 is 0 Å². The van der Waals surface area contributed by atoms with Crippen LogP contribution in [0.4, 0.5) is 11.4 Å². The van der Waals surface area contributed by atoms with Crippen LogP contribution in [-0.2, 0) is 38.8 Å². The number of fused-ring (bicyclic) bond motifs is 5. The molecular formula is C38H50N4. The van der Waals surface area contributed by atoms with Crippen molar-refractivity contribution in [2.75, 3.05) is 45.7 Å². The van der Waals surface area contributed by atoms with Crippen molar-refractivity contribution in [3.63, 3.8) is 0 Å². The topological polar surface area (TPSA) is 14.7 Å². The highest BCUT2D eigenvalue weighted by Gasteiger charge is 2.23. The van der Waals surface area contributed by atoms with Crippen molar-refractivity contribution in [1.82, 2.24) is 14.4 Å². The van der Waals surface area contributed by atoms with Gasteiger partial charge < -0.3 is 19.3 Å². The van der Waals surface area contributed by atoms with E-state index in [0.29, 0.717) is 5.92 Å². The molecule has 0 spiro atoms. The van der Waals surface area contributed by atoms with Gasteiger partial charge in [0.1, 0.15) is 0 Å². The second kappa shape index (κ2) is 13.1. The molecule has 2 heterocycles. The zero-order valence-corrected chi connectivity index (χ0v) is 26.4. The molecule has 2 aliphatic rings. The van der Waals surface area contributed by atoms with E-state index in [-0.39, 0.29) is 0 Å². The summed E-state index contributed by atoms with van der Waals surface area (Å²) in [6.45, 7) is 7.79. The molecule has 42 heavy (non-hydrogen) atoms. The zero-order chi connectivity index (χ0) is 29.1. The van der Waals surface area contributed by atoms with Gasteiger partial charge in [-0.2, -0.15) is 0 Å². The molecule has 4 nitrogen and oxygen atoms in total. The zero-order valence-electron chi connectivity index (χ0n) is 26.4. The Bertz CT molecular complexity index is 1450. The van der Waals surface area contributed by atoms with E-state index in [1.807, 2.05) is 0 Å². The van der Waals surface area contributed by atoms with Crippen molar-refractivity contribution >= 4 is 22.3 Å². The average Bonchev–Trinajstić information content (AvgIpc) is 3.13. The number of aryl methyl sites for hydroxylation is 4. The molecule has 0 saturated carbocycles. The third kappa shape index (κ3) is 6.31. The Morgan fingerprint density at radius 2 is 1.48 bits per heavy atom. The van der Waals surface area contributed by atoms with E-state index in [1.54, 1.807) is 11.3 Å². The fourth-order valence-electron chi connectivity index (χ4n) is 7.60. The van der Waals surface area contributed by atoms with E-state index < -0.39 is 0 Å². The van der Waals surface area contributed by atoms with Gasteiger partial charge in [-0.3, -0.25) is 0 Å². The monoisotopic (exact) mass is 562 g/mol. The van der Waals surface area contributed by atoms with E-state index in [2.05, 4.69) is 114 Å². The molecule has 1 aliphatic heterocycles. The summed E-state index contributed by atoms with van der Waals surface area (Å²) in [6, 6.07) is 25.4. The smallest absolute Gasteiger partial charge is 0.0485 e.